The van der Waals surface area contributed by atoms with Gasteiger partial charge in [0.25, 0.3) is 0 Å². The summed E-state index contributed by atoms with van der Waals surface area (Å²) in [6.45, 7) is 1.79. The van der Waals surface area contributed by atoms with E-state index >= 15 is 0 Å². The molecule has 4 saturated heterocycles. The zero-order valence-electron chi connectivity index (χ0n) is 7.81. The summed E-state index contributed by atoms with van der Waals surface area (Å²) in [6, 6.07) is 0. The number of rotatable bonds is 0. The molecule has 4 aliphatic rings. The van der Waals surface area contributed by atoms with Crippen molar-refractivity contribution >= 4 is 10.4 Å². The summed E-state index contributed by atoms with van der Waals surface area (Å²) in [6.07, 6.45) is -0.567. The lowest BCUT2D eigenvalue weighted by Gasteiger charge is -2.52. The fourth-order valence-corrected chi connectivity index (χ4v) is 2.66. The van der Waals surface area contributed by atoms with Gasteiger partial charge >= 0.3 is 10.4 Å². The van der Waals surface area contributed by atoms with Gasteiger partial charge in [-0.1, -0.05) is 0 Å². The fourth-order valence-electron chi connectivity index (χ4n) is 1.91. The van der Waals surface area contributed by atoms with Crippen LogP contribution in [0.2, 0.25) is 0 Å². The van der Waals surface area contributed by atoms with Gasteiger partial charge in [0, 0.05) is 0 Å². The van der Waals surface area contributed by atoms with Crippen LogP contribution >= 0.6 is 0 Å². The third-order valence-electron chi connectivity index (χ3n) is 2.47. The van der Waals surface area contributed by atoms with E-state index < -0.39 is 16.7 Å². The average Bonchev–Trinajstić information content (AvgIpc) is 2.10. The van der Waals surface area contributed by atoms with Crippen LogP contribution < -0.4 is 5.73 Å². The van der Waals surface area contributed by atoms with Crippen LogP contribution in [0.4, 0.5) is 0 Å². The molecule has 0 aromatic heterocycles. The molecule has 9 nitrogen and oxygen atoms in total. The molecule has 4 aliphatic heterocycles. The van der Waals surface area contributed by atoms with Crippen LogP contribution in [0, 0.1) is 0 Å². The quantitative estimate of drug-likeness (QED) is 0.487. The van der Waals surface area contributed by atoms with Gasteiger partial charge in [-0.15, -0.1) is 14.4 Å². The Labute approximate surface area is 86.7 Å². The first kappa shape index (κ1) is 9.86. The molecule has 4 fully saturated rings. The lowest BCUT2D eigenvalue weighted by Crippen LogP contribution is -2.72. The van der Waals surface area contributed by atoms with Gasteiger partial charge < -0.3 is 5.73 Å². The maximum absolute atomic E-state index is 11.3. The summed E-state index contributed by atoms with van der Waals surface area (Å²) in [4.78, 5) is 3.78. The second-order valence-electron chi connectivity index (χ2n) is 3.70. The SMILES string of the molecule is NC1N2CN3CN(C2)OS(=O)(=O)ON1C3. The molecule has 0 amide bonds. The molecule has 4 rings (SSSR count). The molecule has 0 radical (unpaired) electrons. The Bertz CT molecular complexity index is 374. The smallest absolute Gasteiger partial charge is 0.301 e. The molecule has 2 N–H and O–H groups in total. The van der Waals surface area contributed by atoms with Crippen molar-refractivity contribution in [1.29, 1.82) is 0 Å². The van der Waals surface area contributed by atoms with Crippen molar-refractivity contribution in [1.82, 2.24) is 19.9 Å². The Morgan fingerprint density at radius 3 is 2.73 bits per heavy atom. The Kier molecular flexibility index (Phi) is 2.03. The summed E-state index contributed by atoms with van der Waals surface area (Å²) in [5.74, 6) is 0. The van der Waals surface area contributed by atoms with E-state index in [1.54, 1.807) is 0 Å². The number of hydrogen-bond acceptors (Lipinski definition) is 9. The summed E-state index contributed by atoms with van der Waals surface area (Å²) < 4.78 is 32.0. The number of nitrogens with zero attached hydrogens (tertiary/aromatic N) is 4. The summed E-state index contributed by atoms with van der Waals surface area (Å²) in [7, 11) is -4.02. The van der Waals surface area contributed by atoms with Gasteiger partial charge in [0.1, 0.15) is 6.29 Å². The van der Waals surface area contributed by atoms with Gasteiger partial charge in [-0.25, -0.2) is 4.90 Å². The zero-order valence-corrected chi connectivity index (χ0v) is 8.63. The van der Waals surface area contributed by atoms with Gasteiger partial charge in [0.2, 0.25) is 0 Å². The van der Waals surface area contributed by atoms with Crippen LogP contribution in [0.25, 0.3) is 0 Å². The number of fused-ring (bicyclic) bond motifs is 2. The minimum atomic E-state index is -4.02. The maximum atomic E-state index is 11.3. The highest BCUT2D eigenvalue weighted by Crippen LogP contribution is 2.23. The Morgan fingerprint density at radius 2 is 1.93 bits per heavy atom. The lowest BCUT2D eigenvalue weighted by atomic mass is 10.5. The first-order valence-electron chi connectivity index (χ1n) is 4.41. The molecule has 5 atom stereocenters. The Morgan fingerprint density at radius 1 is 1.13 bits per heavy atom. The highest BCUT2D eigenvalue weighted by molar-refractivity contribution is 7.81. The fraction of sp³-hybridized carbons (Fsp3) is 1.00. The number of hydrogen-bond donors (Lipinski definition) is 1. The molecule has 0 spiro atoms. The highest BCUT2D eigenvalue weighted by atomic mass is 32.3. The van der Waals surface area contributed by atoms with Crippen LogP contribution in [0.3, 0.4) is 0 Å². The van der Waals surface area contributed by atoms with Crippen LogP contribution in [0.5, 0.6) is 0 Å². The van der Waals surface area contributed by atoms with E-state index in [1.165, 1.54) is 10.1 Å². The highest BCUT2D eigenvalue weighted by Gasteiger charge is 2.43. The molecule has 86 valence electrons. The number of hydroxylamine groups is 4. The molecule has 0 aromatic carbocycles. The van der Waals surface area contributed by atoms with Gasteiger partial charge in [0.05, 0.1) is 26.7 Å². The molecule has 0 saturated carbocycles. The Balaban J connectivity index is 1.96. The molecular formula is C5H11N5O4S. The minimum Gasteiger partial charge on any atom is -0.301 e. The summed E-state index contributed by atoms with van der Waals surface area (Å²) >= 11 is 0. The molecule has 10 heteroatoms. The van der Waals surface area contributed by atoms with Gasteiger partial charge in [-0.2, -0.15) is 12.7 Å². The molecule has 15 heavy (non-hydrogen) atoms. The van der Waals surface area contributed by atoms with E-state index in [-0.39, 0.29) is 0 Å². The topological polar surface area (TPSA) is 91.6 Å². The predicted octanol–water partition coefficient (Wildman–Crippen LogP) is -2.58. The second kappa shape index (κ2) is 3.09. The largest absolute Gasteiger partial charge is 0.432 e. The van der Waals surface area contributed by atoms with Gasteiger partial charge in [-0.3, -0.25) is 4.90 Å². The van der Waals surface area contributed by atoms with Gasteiger partial charge in [-0.05, 0) is 0 Å². The van der Waals surface area contributed by atoms with Crippen LogP contribution in [-0.4, -0.2) is 61.3 Å². The van der Waals surface area contributed by atoms with Crippen molar-refractivity contribution in [2.75, 3.05) is 26.7 Å². The van der Waals surface area contributed by atoms with Crippen molar-refractivity contribution in [2.24, 2.45) is 5.73 Å². The van der Waals surface area contributed by atoms with E-state index in [1.807, 2.05) is 9.80 Å². The molecule has 4 heterocycles. The summed E-state index contributed by atoms with van der Waals surface area (Å²) in [5, 5.41) is 2.49. The van der Waals surface area contributed by atoms with Crippen molar-refractivity contribution in [3.8, 4) is 0 Å². The van der Waals surface area contributed by atoms with Crippen LogP contribution in [0.15, 0.2) is 0 Å². The molecule has 4 bridgehead atoms. The van der Waals surface area contributed by atoms with Crippen molar-refractivity contribution < 1.29 is 17.0 Å². The van der Waals surface area contributed by atoms with Crippen molar-refractivity contribution in [3.05, 3.63) is 0 Å². The van der Waals surface area contributed by atoms with E-state index in [0.717, 1.165) is 0 Å². The van der Waals surface area contributed by atoms with Crippen molar-refractivity contribution in [2.45, 2.75) is 6.29 Å². The van der Waals surface area contributed by atoms with E-state index in [2.05, 4.69) is 0 Å². The van der Waals surface area contributed by atoms with Crippen LogP contribution in [0.1, 0.15) is 0 Å². The first-order chi connectivity index (χ1) is 7.03. The lowest BCUT2D eigenvalue weighted by molar-refractivity contribution is -0.310. The van der Waals surface area contributed by atoms with E-state index in [4.69, 9.17) is 14.3 Å². The van der Waals surface area contributed by atoms with Crippen LogP contribution in [-0.2, 0) is 19.0 Å². The second-order valence-corrected chi connectivity index (χ2v) is 4.81. The molecule has 0 aliphatic carbocycles. The van der Waals surface area contributed by atoms with E-state index in [0.29, 0.717) is 26.7 Å². The first-order valence-corrected chi connectivity index (χ1v) is 5.74. The maximum Gasteiger partial charge on any atom is 0.432 e. The molecule has 0 aromatic rings. The summed E-state index contributed by atoms with van der Waals surface area (Å²) in [5.41, 5.74) is 5.81. The van der Waals surface area contributed by atoms with E-state index in [9.17, 15) is 8.42 Å². The minimum absolute atomic E-state index is 0.344. The molecular weight excluding hydrogens is 226 g/mol. The van der Waals surface area contributed by atoms with Crippen molar-refractivity contribution in [3.63, 3.8) is 0 Å². The van der Waals surface area contributed by atoms with Gasteiger partial charge in [0.15, 0.2) is 0 Å². The third-order valence-corrected chi connectivity index (χ3v) is 3.24. The monoisotopic (exact) mass is 237 g/mol. The standard InChI is InChI=1S/C5H11N5O4S/c6-5-8-1-7-2-9(4-8)13-15(11,12)14-10(5)3-7/h5H,1-4,6H2. The molecule has 5 unspecified atom stereocenters. The normalized spacial score (nSPS) is 52.5. The Hall–Kier alpha value is -0.330. The third kappa shape index (κ3) is 1.64. The predicted molar refractivity (Wildman–Crippen MR) is 45.9 cm³/mol. The zero-order chi connectivity index (χ0) is 10.6. The number of nitrogens with two attached hydrogens (primary N) is 1. The average molecular weight is 237 g/mol.